The molecule has 0 radical (unpaired) electrons. The quantitative estimate of drug-likeness (QED) is 0.397. The standard InChI is InChI=1S/C6H6ClNOS/c1-4-2-3-10-5(4)6(7)8-9/h2-3,9H,1H3/b8-6-. The monoisotopic (exact) mass is 175 g/mol. The van der Waals surface area contributed by atoms with Crippen molar-refractivity contribution in [3.63, 3.8) is 0 Å². The molecule has 0 bridgehead atoms. The van der Waals surface area contributed by atoms with E-state index in [0.717, 1.165) is 10.4 Å². The highest BCUT2D eigenvalue weighted by Crippen LogP contribution is 2.17. The SMILES string of the molecule is Cc1ccsc1/C(Cl)=N/O. The molecule has 0 atom stereocenters. The molecule has 1 N–H and O–H groups in total. The first-order chi connectivity index (χ1) is 4.75. The van der Waals surface area contributed by atoms with Gasteiger partial charge in [-0.05, 0) is 23.9 Å². The minimum atomic E-state index is 0.160. The van der Waals surface area contributed by atoms with Gasteiger partial charge in [0.15, 0.2) is 5.17 Å². The number of thiophene rings is 1. The second-order valence-electron chi connectivity index (χ2n) is 1.82. The average molecular weight is 176 g/mol. The van der Waals surface area contributed by atoms with Crippen molar-refractivity contribution in [2.24, 2.45) is 5.16 Å². The molecule has 0 aliphatic heterocycles. The van der Waals surface area contributed by atoms with Crippen LogP contribution in [0.5, 0.6) is 0 Å². The smallest absolute Gasteiger partial charge is 0.185 e. The zero-order chi connectivity index (χ0) is 7.56. The van der Waals surface area contributed by atoms with E-state index in [1.54, 1.807) is 0 Å². The molecule has 4 heteroatoms. The van der Waals surface area contributed by atoms with Crippen LogP contribution in [0.25, 0.3) is 0 Å². The summed E-state index contributed by atoms with van der Waals surface area (Å²) in [6, 6.07) is 1.92. The molecule has 54 valence electrons. The van der Waals surface area contributed by atoms with E-state index in [2.05, 4.69) is 5.16 Å². The number of hydrogen-bond acceptors (Lipinski definition) is 3. The van der Waals surface area contributed by atoms with Crippen LogP contribution in [-0.4, -0.2) is 10.4 Å². The fourth-order valence-electron chi connectivity index (χ4n) is 0.629. The predicted octanol–water partition coefficient (Wildman–Crippen LogP) is 2.43. The molecule has 0 fully saturated rings. The fraction of sp³-hybridized carbons (Fsp3) is 0.167. The third-order valence-electron chi connectivity index (χ3n) is 1.14. The molecule has 10 heavy (non-hydrogen) atoms. The third kappa shape index (κ3) is 1.30. The van der Waals surface area contributed by atoms with E-state index in [9.17, 15) is 0 Å². The molecule has 2 nitrogen and oxygen atoms in total. The Morgan fingerprint density at radius 1 is 1.80 bits per heavy atom. The van der Waals surface area contributed by atoms with Gasteiger partial charge in [0.1, 0.15) is 0 Å². The lowest BCUT2D eigenvalue weighted by Gasteiger charge is -1.90. The van der Waals surface area contributed by atoms with Crippen LogP contribution in [0.3, 0.4) is 0 Å². The molecule has 1 rings (SSSR count). The largest absolute Gasteiger partial charge is 0.410 e. The van der Waals surface area contributed by atoms with E-state index in [0.29, 0.717) is 0 Å². The molecule has 1 heterocycles. The van der Waals surface area contributed by atoms with Gasteiger partial charge in [-0.1, -0.05) is 16.8 Å². The highest BCUT2D eigenvalue weighted by atomic mass is 35.5. The predicted molar refractivity (Wildman–Crippen MR) is 43.2 cm³/mol. The number of oxime groups is 1. The van der Waals surface area contributed by atoms with Crippen LogP contribution in [-0.2, 0) is 0 Å². The first kappa shape index (κ1) is 7.57. The van der Waals surface area contributed by atoms with Gasteiger partial charge in [-0.2, -0.15) is 0 Å². The Morgan fingerprint density at radius 3 is 2.90 bits per heavy atom. The van der Waals surface area contributed by atoms with Gasteiger partial charge in [0.25, 0.3) is 0 Å². The van der Waals surface area contributed by atoms with Crippen LogP contribution in [0.1, 0.15) is 10.4 Å². The molecule has 0 spiro atoms. The Morgan fingerprint density at radius 2 is 2.50 bits per heavy atom. The summed E-state index contributed by atoms with van der Waals surface area (Å²) in [5.74, 6) is 0. The minimum Gasteiger partial charge on any atom is -0.410 e. The molecule has 0 aliphatic carbocycles. The zero-order valence-corrected chi connectivity index (χ0v) is 6.91. The third-order valence-corrected chi connectivity index (χ3v) is 2.54. The lowest BCUT2D eigenvalue weighted by atomic mass is 10.3. The Hall–Kier alpha value is -0.540. The Bertz CT molecular complexity index is 256. The zero-order valence-electron chi connectivity index (χ0n) is 5.34. The summed E-state index contributed by atoms with van der Waals surface area (Å²) in [6.45, 7) is 1.92. The number of hydrogen-bond donors (Lipinski definition) is 1. The molecular weight excluding hydrogens is 170 g/mol. The van der Waals surface area contributed by atoms with E-state index < -0.39 is 0 Å². The van der Waals surface area contributed by atoms with E-state index >= 15 is 0 Å². The molecule has 0 aliphatic rings. The van der Waals surface area contributed by atoms with E-state index in [1.165, 1.54) is 11.3 Å². The second kappa shape index (κ2) is 3.03. The van der Waals surface area contributed by atoms with E-state index in [-0.39, 0.29) is 5.17 Å². The highest BCUT2D eigenvalue weighted by molar-refractivity contribution is 7.14. The molecule has 0 saturated carbocycles. The first-order valence-electron chi connectivity index (χ1n) is 2.67. The van der Waals surface area contributed by atoms with Crippen LogP contribution < -0.4 is 0 Å². The van der Waals surface area contributed by atoms with Crippen LogP contribution in [0.4, 0.5) is 0 Å². The van der Waals surface area contributed by atoms with Crippen molar-refractivity contribution in [1.29, 1.82) is 0 Å². The fourth-order valence-corrected chi connectivity index (χ4v) is 1.71. The van der Waals surface area contributed by atoms with E-state index in [4.69, 9.17) is 16.8 Å². The molecule has 1 aromatic heterocycles. The van der Waals surface area contributed by atoms with Crippen molar-refractivity contribution in [3.8, 4) is 0 Å². The summed E-state index contributed by atoms with van der Waals surface area (Å²) < 4.78 is 0. The van der Waals surface area contributed by atoms with Crippen molar-refractivity contribution in [1.82, 2.24) is 0 Å². The van der Waals surface area contributed by atoms with Crippen molar-refractivity contribution in [2.45, 2.75) is 6.92 Å². The number of aryl methyl sites for hydroxylation is 1. The second-order valence-corrected chi connectivity index (χ2v) is 3.10. The van der Waals surface area contributed by atoms with Crippen molar-refractivity contribution in [3.05, 3.63) is 21.9 Å². The Balaban J connectivity index is 3.05. The van der Waals surface area contributed by atoms with Crippen LogP contribution in [0.15, 0.2) is 16.6 Å². The molecular formula is C6H6ClNOS. The summed E-state index contributed by atoms with van der Waals surface area (Å²) in [7, 11) is 0. The maximum Gasteiger partial charge on any atom is 0.185 e. The maximum absolute atomic E-state index is 8.29. The minimum absolute atomic E-state index is 0.160. The van der Waals surface area contributed by atoms with Crippen molar-refractivity contribution >= 4 is 28.1 Å². The lowest BCUT2D eigenvalue weighted by molar-refractivity contribution is 0.321. The van der Waals surface area contributed by atoms with Gasteiger partial charge in [0.2, 0.25) is 0 Å². The van der Waals surface area contributed by atoms with Gasteiger partial charge in [0, 0.05) is 0 Å². The maximum atomic E-state index is 8.29. The number of halogens is 1. The van der Waals surface area contributed by atoms with Crippen molar-refractivity contribution in [2.75, 3.05) is 0 Å². The number of nitrogens with zero attached hydrogens (tertiary/aromatic N) is 1. The summed E-state index contributed by atoms with van der Waals surface area (Å²) in [5, 5.41) is 13.2. The van der Waals surface area contributed by atoms with Crippen molar-refractivity contribution < 1.29 is 5.21 Å². The van der Waals surface area contributed by atoms with Gasteiger partial charge in [-0.3, -0.25) is 0 Å². The molecule has 0 amide bonds. The molecule has 1 aromatic rings. The molecule has 0 aromatic carbocycles. The van der Waals surface area contributed by atoms with Crippen LogP contribution in [0.2, 0.25) is 0 Å². The molecule has 0 unspecified atom stereocenters. The topological polar surface area (TPSA) is 32.6 Å². The summed E-state index contributed by atoms with van der Waals surface area (Å²) >= 11 is 7.01. The highest BCUT2D eigenvalue weighted by Gasteiger charge is 2.04. The summed E-state index contributed by atoms with van der Waals surface area (Å²) in [4.78, 5) is 0.823. The molecule has 0 saturated heterocycles. The Labute approximate surface area is 67.7 Å². The Kier molecular flexibility index (Phi) is 2.29. The number of rotatable bonds is 1. The van der Waals surface area contributed by atoms with Gasteiger partial charge in [-0.15, -0.1) is 11.3 Å². The van der Waals surface area contributed by atoms with Gasteiger partial charge < -0.3 is 5.21 Å². The summed E-state index contributed by atoms with van der Waals surface area (Å²) in [5.41, 5.74) is 1.04. The van der Waals surface area contributed by atoms with Gasteiger partial charge >= 0.3 is 0 Å². The van der Waals surface area contributed by atoms with E-state index in [1.807, 2.05) is 18.4 Å². The first-order valence-corrected chi connectivity index (χ1v) is 3.93. The average Bonchev–Trinajstić information content (AvgIpc) is 2.34. The van der Waals surface area contributed by atoms with Gasteiger partial charge in [0.05, 0.1) is 4.88 Å². The van der Waals surface area contributed by atoms with Gasteiger partial charge in [-0.25, -0.2) is 0 Å². The summed E-state index contributed by atoms with van der Waals surface area (Å²) in [6.07, 6.45) is 0. The van der Waals surface area contributed by atoms with Crippen LogP contribution in [0, 0.1) is 6.92 Å². The van der Waals surface area contributed by atoms with Crippen LogP contribution >= 0.6 is 22.9 Å². The lowest BCUT2D eigenvalue weighted by Crippen LogP contribution is -1.87. The normalized spacial score (nSPS) is 12.0.